The first kappa shape index (κ1) is 62.2. The first-order valence-corrected chi connectivity index (χ1v) is 18.6. The standard InChI is InChI=1S/C26H34N6O4.C4H10N2.C2H6.C2H2.3CH3ClO.CH5N/c1-17-12-20(33)14-22(18(17)2)32(25(35)16-29-24(34)15-28)21(10-6-7-11-27)26-30-23(31-36-26)13-19-8-4-3-5-9-19;1-2-3-6-4-5;2*1-2;3*1-3-2;1-2/h3-5,8-9,12,14,21,33H,6-7,10-11,13,15-16,27-28H2,1-2H3,(H,29,34);4H,2-3H2,1H3,(H2,5,6);1-2H3;1-2H;3*1H3;2H2,1H3/t21-;;;;;;;/m0......./s1. The molecule has 3 aromatic rings. The number of hydrogen-bond donors (Lipinski definition) is 6. The molecule has 326 valence electrons. The Labute approximate surface area is 355 Å². The third kappa shape index (κ3) is 31.7. The van der Waals surface area contributed by atoms with Gasteiger partial charge in [-0.25, -0.2) is 0 Å². The molecule has 16 nitrogen and oxygen atoms in total. The van der Waals surface area contributed by atoms with Crippen molar-refractivity contribution in [2.45, 2.75) is 72.8 Å². The zero-order valence-corrected chi connectivity index (χ0v) is 37.1. The van der Waals surface area contributed by atoms with E-state index in [1.165, 1.54) is 45.7 Å². The second kappa shape index (κ2) is 46.4. The predicted molar refractivity (Wildman–Crippen MR) is 234 cm³/mol. The third-order valence-electron chi connectivity index (χ3n) is 6.45. The number of phenols is 1. The Balaban J connectivity index is -0.000000359. The number of carbonyl (C=O) groups excluding carboxylic acids is 2. The lowest BCUT2D eigenvalue weighted by molar-refractivity contribution is -0.124. The highest BCUT2D eigenvalue weighted by molar-refractivity contribution is 6.07. The fraction of sp³-hybridized carbons (Fsp3) is 0.500. The number of unbranched alkanes of at least 4 members (excludes halogenated alkanes) is 1. The van der Waals surface area contributed by atoms with Crippen molar-refractivity contribution in [3.8, 4) is 18.6 Å². The van der Waals surface area contributed by atoms with Crippen LogP contribution in [0.3, 0.4) is 0 Å². The number of phenolic OH excluding ortho intramolecular Hbond substituents is 1. The van der Waals surface area contributed by atoms with Gasteiger partial charge in [0.2, 0.25) is 17.7 Å². The normalized spacial score (nSPS) is 9.70. The lowest BCUT2D eigenvalue weighted by atomic mass is 10.0. The van der Waals surface area contributed by atoms with Gasteiger partial charge < -0.3 is 37.9 Å². The quantitative estimate of drug-likeness (QED) is 0.0482. The van der Waals surface area contributed by atoms with Gasteiger partial charge in [-0.05, 0) is 75.9 Å². The number of hydrogen-bond acceptors (Lipinski definition) is 13. The fourth-order valence-corrected chi connectivity index (χ4v) is 4.18. The van der Waals surface area contributed by atoms with Gasteiger partial charge in [0, 0.05) is 19.0 Å². The average molecular weight is 867 g/mol. The summed E-state index contributed by atoms with van der Waals surface area (Å²) in [4.78, 5) is 35.2. The number of nitrogens with one attached hydrogen (secondary N) is 1. The summed E-state index contributed by atoms with van der Waals surface area (Å²) in [5.41, 5.74) is 23.7. The number of aryl methyl sites for hydroxylation is 1. The van der Waals surface area contributed by atoms with Crippen molar-refractivity contribution >= 4 is 59.4 Å². The molecule has 0 saturated carbocycles. The molecule has 1 atom stereocenters. The summed E-state index contributed by atoms with van der Waals surface area (Å²) in [6.45, 7) is 10.6. The largest absolute Gasteiger partial charge is 0.508 e. The smallest absolute Gasteiger partial charge is 0.249 e. The van der Waals surface area contributed by atoms with Crippen LogP contribution in [0.4, 0.5) is 5.69 Å². The number of nitrogens with two attached hydrogens (primary N) is 4. The Kier molecular flexibility index (Phi) is 50.6. The Morgan fingerprint density at radius 3 is 2.02 bits per heavy atom. The van der Waals surface area contributed by atoms with Crippen LogP contribution < -0.4 is 33.2 Å². The zero-order valence-electron chi connectivity index (χ0n) is 34.8. The van der Waals surface area contributed by atoms with E-state index in [9.17, 15) is 14.7 Å². The SMILES string of the molecule is C#C.CC.CCCN=CN.CN.COCl.COCl.COCl.Cc1cc(O)cc(N(C(=O)CNC(=O)CN)[C@@H](CCCCN)c2nc(Cc3ccccc3)no2)c1C. The van der Waals surface area contributed by atoms with Gasteiger partial charge in [0.1, 0.15) is 11.8 Å². The average Bonchev–Trinajstić information content (AvgIpc) is 3.69. The van der Waals surface area contributed by atoms with Gasteiger partial charge >= 0.3 is 0 Å². The summed E-state index contributed by atoms with van der Waals surface area (Å²) in [7, 11) is 5.67. The second-order valence-electron chi connectivity index (χ2n) is 10.2. The number of benzene rings is 2. The van der Waals surface area contributed by atoms with Crippen LogP contribution in [0.2, 0.25) is 0 Å². The van der Waals surface area contributed by atoms with E-state index in [0.717, 1.165) is 36.1 Å². The second-order valence-corrected chi connectivity index (χ2v) is 11.1. The number of carbonyl (C=O) groups is 2. The van der Waals surface area contributed by atoms with Crippen LogP contribution in [0.25, 0.3) is 0 Å². The van der Waals surface area contributed by atoms with Gasteiger partial charge in [-0.3, -0.25) is 32.3 Å². The molecule has 2 amide bonds. The molecule has 0 aliphatic rings. The van der Waals surface area contributed by atoms with E-state index in [2.05, 4.69) is 94.4 Å². The van der Waals surface area contributed by atoms with Crippen LogP contribution in [0.1, 0.15) is 80.9 Å². The van der Waals surface area contributed by atoms with Crippen LogP contribution in [0.15, 0.2) is 52.0 Å². The van der Waals surface area contributed by atoms with Gasteiger partial charge in [-0.1, -0.05) is 56.3 Å². The Bertz CT molecular complexity index is 1400. The lowest BCUT2D eigenvalue weighted by Crippen LogP contribution is -2.44. The van der Waals surface area contributed by atoms with Gasteiger partial charge in [0.05, 0.1) is 82.0 Å². The topological polar surface area (TPSA) is 253 Å². The number of aliphatic imine (C=N–C) groups is 1. The number of aromatic hydroxyl groups is 1. The van der Waals surface area contributed by atoms with Crippen molar-refractivity contribution in [3.63, 3.8) is 0 Å². The van der Waals surface area contributed by atoms with Gasteiger partial charge in [0.25, 0.3) is 0 Å². The monoisotopic (exact) mass is 865 g/mol. The van der Waals surface area contributed by atoms with E-state index in [4.69, 9.17) is 21.7 Å². The molecule has 0 aliphatic heterocycles. The molecule has 0 radical (unpaired) electrons. The zero-order chi connectivity index (χ0) is 45.0. The fourth-order valence-electron chi connectivity index (χ4n) is 4.18. The molecule has 0 bridgehead atoms. The summed E-state index contributed by atoms with van der Waals surface area (Å²) < 4.78 is 16.8. The van der Waals surface area contributed by atoms with E-state index in [0.29, 0.717) is 37.3 Å². The van der Waals surface area contributed by atoms with Crippen LogP contribution in [0.5, 0.6) is 5.75 Å². The molecule has 0 unspecified atom stereocenters. The van der Waals surface area contributed by atoms with Crippen molar-refractivity contribution in [3.05, 3.63) is 70.9 Å². The maximum absolute atomic E-state index is 13.6. The summed E-state index contributed by atoms with van der Waals surface area (Å²) >= 11 is 13.5. The molecule has 3 rings (SSSR count). The van der Waals surface area contributed by atoms with Crippen molar-refractivity contribution < 1.29 is 32.1 Å². The third-order valence-corrected chi connectivity index (χ3v) is 6.45. The molecule has 1 heterocycles. The summed E-state index contributed by atoms with van der Waals surface area (Å²) in [6, 6.07) is 12.3. The Hall–Kier alpha value is -4.02. The first-order valence-electron chi connectivity index (χ1n) is 17.7. The number of amides is 2. The van der Waals surface area contributed by atoms with Crippen LogP contribution in [-0.2, 0) is 28.9 Å². The Morgan fingerprint density at radius 1 is 1.02 bits per heavy atom. The maximum Gasteiger partial charge on any atom is 0.249 e. The van der Waals surface area contributed by atoms with Gasteiger partial charge in [-0.15, -0.1) is 12.8 Å². The number of aromatic nitrogens is 2. The predicted octanol–water partition coefficient (Wildman–Crippen LogP) is 5.85. The molecule has 19 heteroatoms. The van der Waals surface area contributed by atoms with E-state index in [1.54, 1.807) is 6.07 Å². The number of nitrogens with zero attached hydrogens (tertiary/aromatic N) is 4. The molecule has 10 N–H and O–H groups in total. The number of anilines is 1. The van der Waals surface area contributed by atoms with E-state index in [1.807, 2.05) is 58.0 Å². The summed E-state index contributed by atoms with van der Waals surface area (Å²) in [5, 5.41) is 17.0. The van der Waals surface area contributed by atoms with Crippen molar-refractivity contribution in [2.75, 3.05) is 59.5 Å². The highest BCUT2D eigenvalue weighted by Crippen LogP contribution is 2.36. The number of rotatable bonds is 14. The molecule has 2 aromatic carbocycles. The molecule has 0 saturated heterocycles. The van der Waals surface area contributed by atoms with Crippen LogP contribution in [0, 0.1) is 26.7 Å². The van der Waals surface area contributed by atoms with E-state index >= 15 is 0 Å². The molecule has 57 heavy (non-hydrogen) atoms. The molecule has 0 fully saturated rings. The number of halogens is 3. The highest BCUT2D eigenvalue weighted by Gasteiger charge is 2.32. The molecule has 1 aromatic heterocycles. The minimum Gasteiger partial charge on any atom is -0.508 e. The molecular formula is C38H66Cl3N9O7. The first-order chi connectivity index (χ1) is 27.5. The minimum absolute atomic E-state index is 0.0212. The summed E-state index contributed by atoms with van der Waals surface area (Å²) in [5.74, 6) is -0.0578. The van der Waals surface area contributed by atoms with Crippen LogP contribution in [-0.4, -0.2) is 88.0 Å². The maximum atomic E-state index is 13.6. The molecule has 0 aliphatic carbocycles. The van der Waals surface area contributed by atoms with Crippen molar-refractivity contribution in [2.24, 2.45) is 27.9 Å². The summed E-state index contributed by atoms with van der Waals surface area (Å²) in [6.07, 6.45) is 12.8. The molecule has 0 spiro atoms. The van der Waals surface area contributed by atoms with Crippen molar-refractivity contribution in [1.29, 1.82) is 0 Å². The molecular weight excluding hydrogens is 801 g/mol. The van der Waals surface area contributed by atoms with E-state index in [-0.39, 0.29) is 24.7 Å². The van der Waals surface area contributed by atoms with E-state index < -0.39 is 17.9 Å². The Morgan fingerprint density at radius 2 is 1.56 bits per heavy atom. The van der Waals surface area contributed by atoms with Gasteiger partial charge in [0.15, 0.2) is 5.82 Å². The van der Waals surface area contributed by atoms with Crippen molar-refractivity contribution in [1.82, 2.24) is 15.5 Å². The van der Waals surface area contributed by atoms with Crippen LogP contribution >= 0.6 is 35.6 Å². The minimum atomic E-state index is -0.629. The highest BCUT2D eigenvalue weighted by atomic mass is 35.5. The van der Waals surface area contributed by atoms with Gasteiger partial charge in [-0.2, -0.15) is 4.98 Å². The number of terminal acetylenes is 1. The lowest BCUT2D eigenvalue weighted by Gasteiger charge is -2.31.